The summed E-state index contributed by atoms with van der Waals surface area (Å²) in [5.41, 5.74) is 0. The summed E-state index contributed by atoms with van der Waals surface area (Å²) < 4.78 is 35.1. The van der Waals surface area contributed by atoms with Gasteiger partial charge in [0.05, 0.1) is 0 Å². The number of hydrogen-bond acceptors (Lipinski definition) is 2. The number of alkyl halides is 3. The lowest BCUT2D eigenvalue weighted by atomic mass is 10.2. The van der Waals surface area contributed by atoms with Crippen molar-refractivity contribution in [1.29, 1.82) is 0 Å². The number of aliphatic hydroxyl groups is 1. The van der Waals surface area contributed by atoms with Crippen molar-refractivity contribution in [3.05, 3.63) is 0 Å². The van der Waals surface area contributed by atoms with Crippen LogP contribution < -0.4 is 5.32 Å². The van der Waals surface area contributed by atoms with Crippen LogP contribution >= 0.6 is 0 Å². The summed E-state index contributed by atoms with van der Waals surface area (Å²) in [7, 11) is 0. The smallest absolute Gasteiger partial charge is 0.382 e. The number of nitrogens with one attached hydrogen (secondary N) is 1. The molecule has 0 spiro atoms. The summed E-state index contributed by atoms with van der Waals surface area (Å²) in [6, 6.07) is 0. The molecule has 0 heterocycles. The van der Waals surface area contributed by atoms with E-state index in [9.17, 15) is 13.2 Å². The van der Waals surface area contributed by atoms with Crippen LogP contribution in [-0.4, -0.2) is 30.5 Å². The van der Waals surface area contributed by atoms with Crippen LogP contribution in [0.2, 0.25) is 0 Å². The normalized spacial score (nSPS) is 15.2. The highest BCUT2D eigenvalue weighted by molar-refractivity contribution is 4.68. The van der Waals surface area contributed by atoms with E-state index in [-0.39, 0.29) is 5.92 Å². The van der Waals surface area contributed by atoms with Crippen LogP contribution in [0.1, 0.15) is 13.8 Å². The molecule has 5 heteroatoms. The first kappa shape index (κ1) is 11.7. The van der Waals surface area contributed by atoms with Crippen molar-refractivity contribution in [1.82, 2.24) is 5.32 Å². The molecule has 0 saturated carbocycles. The fourth-order valence-corrected chi connectivity index (χ4v) is 0.624. The monoisotopic (exact) mass is 185 g/mol. The lowest BCUT2D eigenvalue weighted by Gasteiger charge is -2.15. The second-order valence-electron chi connectivity index (χ2n) is 3.11. The summed E-state index contributed by atoms with van der Waals surface area (Å²) in [4.78, 5) is 0. The first-order valence-corrected chi connectivity index (χ1v) is 3.79. The Morgan fingerprint density at radius 2 is 1.75 bits per heavy atom. The van der Waals surface area contributed by atoms with Gasteiger partial charge in [0.25, 0.3) is 0 Å². The molecule has 0 aromatic heterocycles. The lowest BCUT2D eigenvalue weighted by Crippen LogP contribution is -2.39. The first-order valence-electron chi connectivity index (χ1n) is 3.79. The van der Waals surface area contributed by atoms with Crippen molar-refractivity contribution in [2.75, 3.05) is 13.1 Å². The van der Waals surface area contributed by atoms with Crippen LogP contribution in [0.5, 0.6) is 0 Å². The van der Waals surface area contributed by atoms with Crippen LogP contribution in [0.15, 0.2) is 0 Å². The van der Waals surface area contributed by atoms with Gasteiger partial charge in [-0.05, 0) is 12.5 Å². The Labute approximate surface area is 69.8 Å². The fraction of sp³-hybridized carbons (Fsp3) is 1.00. The van der Waals surface area contributed by atoms with Crippen molar-refractivity contribution >= 4 is 0 Å². The molecule has 12 heavy (non-hydrogen) atoms. The van der Waals surface area contributed by atoms with Gasteiger partial charge in [0.15, 0.2) is 6.10 Å². The number of halogens is 3. The molecule has 0 bridgehead atoms. The lowest BCUT2D eigenvalue weighted by molar-refractivity contribution is -0.201. The Hall–Kier alpha value is -0.290. The third-order valence-electron chi connectivity index (χ3n) is 1.27. The maximum absolute atomic E-state index is 11.7. The van der Waals surface area contributed by atoms with Crippen molar-refractivity contribution in [3.63, 3.8) is 0 Å². The van der Waals surface area contributed by atoms with Gasteiger partial charge in [-0.25, -0.2) is 0 Å². The Morgan fingerprint density at radius 3 is 2.08 bits per heavy atom. The summed E-state index contributed by atoms with van der Waals surface area (Å²) in [5.74, 6) is 0.283. The molecule has 2 nitrogen and oxygen atoms in total. The van der Waals surface area contributed by atoms with Crippen LogP contribution in [0.25, 0.3) is 0 Å². The van der Waals surface area contributed by atoms with Gasteiger partial charge < -0.3 is 10.4 Å². The van der Waals surface area contributed by atoms with Crippen LogP contribution in [0, 0.1) is 5.92 Å². The summed E-state index contributed by atoms with van der Waals surface area (Å²) >= 11 is 0. The molecule has 0 aliphatic carbocycles. The van der Waals surface area contributed by atoms with Gasteiger partial charge in [-0.1, -0.05) is 13.8 Å². The molecule has 0 aromatic carbocycles. The van der Waals surface area contributed by atoms with Gasteiger partial charge in [0, 0.05) is 6.54 Å². The minimum atomic E-state index is -4.51. The largest absolute Gasteiger partial charge is 0.415 e. The third-order valence-corrected chi connectivity index (χ3v) is 1.27. The Kier molecular flexibility index (Phi) is 4.55. The molecule has 0 aliphatic heterocycles. The van der Waals surface area contributed by atoms with Crippen molar-refractivity contribution in [2.45, 2.75) is 26.1 Å². The average molecular weight is 185 g/mol. The van der Waals surface area contributed by atoms with Gasteiger partial charge in [0.1, 0.15) is 0 Å². The Balaban J connectivity index is 3.51. The molecule has 0 radical (unpaired) electrons. The van der Waals surface area contributed by atoms with E-state index >= 15 is 0 Å². The van der Waals surface area contributed by atoms with E-state index in [2.05, 4.69) is 5.32 Å². The summed E-state index contributed by atoms with van der Waals surface area (Å²) in [6.07, 6.45) is -6.76. The average Bonchev–Trinajstić information content (AvgIpc) is 1.84. The predicted octanol–water partition coefficient (Wildman–Crippen LogP) is 1.16. The predicted molar refractivity (Wildman–Crippen MR) is 39.8 cm³/mol. The molecule has 0 rings (SSSR count). The Bertz CT molecular complexity index is 124. The topological polar surface area (TPSA) is 32.3 Å². The molecule has 0 aliphatic rings. The van der Waals surface area contributed by atoms with Gasteiger partial charge in [-0.3, -0.25) is 0 Å². The van der Waals surface area contributed by atoms with E-state index in [1.165, 1.54) is 0 Å². The van der Waals surface area contributed by atoms with Crippen molar-refractivity contribution < 1.29 is 18.3 Å². The molecule has 2 N–H and O–H groups in total. The Morgan fingerprint density at radius 1 is 1.25 bits per heavy atom. The SMILES string of the molecule is CC(C)CNCC(O)C(F)(F)F. The molecular formula is C7H14F3NO. The van der Waals surface area contributed by atoms with Crippen molar-refractivity contribution in [3.8, 4) is 0 Å². The number of aliphatic hydroxyl groups excluding tert-OH is 1. The third kappa shape index (κ3) is 5.37. The van der Waals surface area contributed by atoms with E-state index in [0.29, 0.717) is 6.54 Å². The quantitative estimate of drug-likeness (QED) is 0.688. The van der Waals surface area contributed by atoms with Gasteiger partial charge in [0.2, 0.25) is 0 Å². The molecule has 1 atom stereocenters. The summed E-state index contributed by atoms with van der Waals surface area (Å²) in [5, 5.41) is 11.0. The second kappa shape index (κ2) is 4.67. The maximum atomic E-state index is 11.7. The zero-order chi connectivity index (χ0) is 9.78. The highest BCUT2D eigenvalue weighted by atomic mass is 19.4. The molecule has 74 valence electrons. The highest BCUT2D eigenvalue weighted by Crippen LogP contribution is 2.19. The minimum Gasteiger partial charge on any atom is -0.382 e. The number of rotatable bonds is 4. The maximum Gasteiger partial charge on any atom is 0.415 e. The van der Waals surface area contributed by atoms with Crippen LogP contribution in [-0.2, 0) is 0 Å². The van der Waals surface area contributed by atoms with Crippen LogP contribution in [0.3, 0.4) is 0 Å². The van der Waals surface area contributed by atoms with E-state index < -0.39 is 18.8 Å². The zero-order valence-electron chi connectivity index (χ0n) is 7.15. The van der Waals surface area contributed by atoms with Gasteiger partial charge in [-0.2, -0.15) is 13.2 Å². The molecule has 0 saturated heterocycles. The minimum absolute atomic E-state index is 0.283. The van der Waals surface area contributed by atoms with E-state index in [0.717, 1.165) is 0 Å². The molecule has 1 unspecified atom stereocenters. The van der Waals surface area contributed by atoms with E-state index in [1.807, 2.05) is 13.8 Å². The second-order valence-corrected chi connectivity index (χ2v) is 3.11. The fourth-order valence-electron chi connectivity index (χ4n) is 0.624. The van der Waals surface area contributed by atoms with Crippen molar-refractivity contribution in [2.24, 2.45) is 5.92 Å². The molecule has 0 amide bonds. The summed E-state index contributed by atoms with van der Waals surface area (Å²) in [6.45, 7) is 3.81. The first-order chi connectivity index (χ1) is 5.34. The zero-order valence-corrected chi connectivity index (χ0v) is 7.15. The molecular weight excluding hydrogens is 171 g/mol. The highest BCUT2D eigenvalue weighted by Gasteiger charge is 2.37. The van der Waals surface area contributed by atoms with E-state index in [1.54, 1.807) is 0 Å². The number of hydrogen-bond donors (Lipinski definition) is 2. The standard InChI is InChI=1S/C7H14F3NO/c1-5(2)3-11-4-6(12)7(8,9)10/h5-6,11-12H,3-4H2,1-2H3. The van der Waals surface area contributed by atoms with Gasteiger partial charge >= 0.3 is 6.18 Å². The van der Waals surface area contributed by atoms with Crippen LogP contribution in [0.4, 0.5) is 13.2 Å². The molecule has 0 fully saturated rings. The van der Waals surface area contributed by atoms with Gasteiger partial charge in [-0.15, -0.1) is 0 Å². The molecule has 0 aromatic rings. The van der Waals surface area contributed by atoms with E-state index in [4.69, 9.17) is 5.11 Å².